The Labute approximate surface area is 77.1 Å². The van der Waals surface area contributed by atoms with Gasteiger partial charge in [-0.3, -0.25) is 4.79 Å². The number of carbonyl (C=O) groups is 1. The largest absolute Gasteiger partial charge is 1.00 e. The van der Waals surface area contributed by atoms with Crippen LogP contribution in [0.4, 0.5) is 0 Å². The first-order valence-electron chi connectivity index (χ1n) is 0.654. The van der Waals surface area contributed by atoms with E-state index in [1.807, 2.05) is 0 Å². The van der Waals surface area contributed by atoms with Crippen molar-refractivity contribution in [2.45, 2.75) is 0 Å². The number of rotatable bonds is 1. The maximum Gasteiger partial charge on any atom is 1.00 e. The number of hydrogen-bond donors (Lipinski definition) is 1. The van der Waals surface area contributed by atoms with E-state index < -0.39 is 0 Å². The van der Waals surface area contributed by atoms with Gasteiger partial charge in [-0.05, 0) is 0 Å². The van der Waals surface area contributed by atoms with Crippen LogP contribution in [-0.2, 0) is 9.68 Å². The topological polar surface area (TPSA) is 76.5 Å². The van der Waals surface area contributed by atoms with Crippen LogP contribution in [0.15, 0.2) is 0 Å². The van der Waals surface area contributed by atoms with Gasteiger partial charge < -0.3 is 10.4 Å². The fourth-order valence-electron chi connectivity index (χ4n) is 0. The molecule has 5 heteroatoms. The second-order valence-electron chi connectivity index (χ2n) is 0.202. The monoisotopic (exact) mass is 118 g/mol. The van der Waals surface area contributed by atoms with Crippen molar-refractivity contribution >= 4 is 6.47 Å². The van der Waals surface area contributed by atoms with Crippen molar-refractivity contribution in [3.05, 3.63) is 0 Å². The van der Waals surface area contributed by atoms with E-state index in [-0.39, 0.29) is 63.3 Å². The van der Waals surface area contributed by atoms with Crippen LogP contribution in [0.2, 0.25) is 0 Å². The summed E-state index contributed by atoms with van der Waals surface area (Å²) in [6, 6.07) is 0. The van der Waals surface area contributed by atoms with Crippen molar-refractivity contribution in [1.82, 2.24) is 0 Å². The molecule has 0 amide bonds. The quantitative estimate of drug-likeness (QED) is 0.167. The molecule has 0 aliphatic carbocycles. The summed E-state index contributed by atoms with van der Waals surface area (Å²) in [5, 5.41) is 7.01. The van der Waals surface area contributed by atoms with Gasteiger partial charge in [-0.2, -0.15) is 0 Å². The standard InChI is InChI=1S/CH2O3.K.H2O/c2-1-4-3;;/h1,3H;;1H2/q;+1;/p-1. The minimum Gasteiger partial charge on any atom is -0.870 e. The van der Waals surface area contributed by atoms with Gasteiger partial charge in [-0.15, -0.1) is 0 Å². The Morgan fingerprint density at radius 2 is 1.83 bits per heavy atom. The fourth-order valence-corrected chi connectivity index (χ4v) is 0. The predicted octanol–water partition coefficient (Wildman–Crippen LogP) is -3.54. The van der Waals surface area contributed by atoms with Crippen LogP contribution < -0.4 is 51.4 Å². The Balaban J connectivity index is -0.0000000450. The van der Waals surface area contributed by atoms with Gasteiger partial charge in [0, 0.05) is 0 Å². The van der Waals surface area contributed by atoms with E-state index in [0.29, 0.717) is 0 Å². The van der Waals surface area contributed by atoms with Crippen LogP contribution in [0.3, 0.4) is 0 Å². The summed E-state index contributed by atoms with van der Waals surface area (Å²) in [5.41, 5.74) is 0. The molecular weight excluding hydrogens is 115 g/mol. The molecule has 0 bridgehead atoms. The third kappa shape index (κ3) is 19.8. The average Bonchev–Trinajstić information content (AvgIpc) is 1.37. The van der Waals surface area contributed by atoms with Gasteiger partial charge in [0.2, 0.25) is 0 Å². The SMILES string of the molecule is O=COO.[K+].[OH-]. The van der Waals surface area contributed by atoms with Crippen LogP contribution in [0.25, 0.3) is 0 Å². The normalized spacial score (nSPS) is 3.50. The van der Waals surface area contributed by atoms with E-state index in [4.69, 9.17) is 10.1 Å². The zero-order valence-corrected chi connectivity index (χ0v) is 6.41. The third-order valence-electron chi connectivity index (χ3n) is 0.0430. The van der Waals surface area contributed by atoms with Gasteiger partial charge >= 0.3 is 57.9 Å². The van der Waals surface area contributed by atoms with E-state index in [0.717, 1.165) is 0 Å². The Morgan fingerprint density at radius 3 is 1.83 bits per heavy atom. The van der Waals surface area contributed by atoms with Gasteiger partial charge in [-0.1, -0.05) is 0 Å². The molecule has 0 heterocycles. The van der Waals surface area contributed by atoms with E-state index >= 15 is 0 Å². The van der Waals surface area contributed by atoms with Crippen LogP contribution >= 0.6 is 0 Å². The van der Waals surface area contributed by atoms with Crippen molar-refractivity contribution in [1.29, 1.82) is 0 Å². The molecule has 0 rings (SSSR count). The summed E-state index contributed by atoms with van der Waals surface area (Å²) >= 11 is 0. The first-order valence-corrected chi connectivity index (χ1v) is 0.654. The Hall–Kier alpha value is 1.03. The van der Waals surface area contributed by atoms with Crippen LogP contribution in [0.5, 0.6) is 0 Å². The molecule has 32 valence electrons. The van der Waals surface area contributed by atoms with Crippen molar-refractivity contribution in [3.63, 3.8) is 0 Å². The molecule has 0 saturated carbocycles. The van der Waals surface area contributed by atoms with Crippen LogP contribution in [-0.4, -0.2) is 17.2 Å². The molecule has 0 unspecified atom stereocenters. The molecule has 0 aliphatic rings. The van der Waals surface area contributed by atoms with E-state index in [1.165, 1.54) is 0 Å². The molecule has 0 saturated heterocycles. The van der Waals surface area contributed by atoms with Crippen molar-refractivity contribution in [2.24, 2.45) is 0 Å². The van der Waals surface area contributed by atoms with Gasteiger partial charge in [0.05, 0.1) is 0 Å². The van der Waals surface area contributed by atoms with Gasteiger partial charge in [-0.25, -0.2) is 5.26 Å². The Bertz CT molecular complexity index is 21.5. The minimum absolute atomic E-state index is 0. The molecule has 0 spiro atoms. The fraction of sp³-hybridized carbons (Fsp3) is 0. The van der Waals surface area contributed by atoms with Crippen molar-refractivity contribution in [2.75, 3.05) is 0 Å². The zero-order chi connectivity index (χ0) is 3.41. The first kappa shape index (κ1) is 15.7. The molecule has 0 atom stereocenters. The smallest absolute Gasteiger partial charge is 0.870 e. The number of hydrogen-bond acceptors (Lipinski definition) is 4. The molecule has 0 radical (unpaired) electrons. The minimum atomic E-state index is -0.0694. The molecule has 0 aliphatic heterocycles. The molecular formula is CH3KO4. The second kappa shape index (κ2) is 16.6. The Morgan fingerprint density at radius 1 is 1.67 bits per heavy atom. The molecule has 0 aromatic heterocycles. The second-order valence-corrected chi connectivity index (χ2v) is 0.202. The molecule has 2 N–H and O–H groups in total. The van der Waals surface area contributed by atoms with Crippen molar-refractivity contribution < 1.29 is 71.8 Å². The summed E-state index contributed by atoms with van der Waals surface area (Å²) in [7, 11) is 0. The van der Waals surface area contributed by atoms with Gasteiger partial charge in [0.15, 0.2) is 0 Å². The van der Waals surface area contributed by atoms with Crippen molar-refractivity contribution in [3.8, 4) is 0 Å². The molecule has 6 heavy (non-hydrogen) atoms. The maximum atomic E-state index is 8.70. The molecule has 0 aromatic rings. The van der Waals surface area contributed by atoms with Crippen LogP contribution in [0, 0.1) is 0 Å². The van der Waals surface area contributed by atoms with E-state index in [1.54, 1.807) is 0 Å². The van der Waals surface area contributed by atoms with Crippen LogP contribution in [0.1, 0.15) is 0 Å². The van der Waals surface area contributed by atoms with E-state index in [9.17, 15) is 0 Å². The summed E-state index contributed by atoms with van der Waals surface area (Å²) in [6.07, 6.45) is 0. The summed E-state index contributed by atoms with van der Waals surface area (Å²) in [5.74, 6) is 0. The number of carbonyl (C=O) groups excluding carboxylic acids is 1. The average molecular weight is 118 g/mol. The first-order chi connectivity index (χ1) is 1.91. The molecule has 0 aromatic carbocycles. The summed E-state index contributed by atoms with van der Waals surface area (Å²) < 4.78 is 0. The zero-order valence-electron chi connectivity index (χ0n) is 3.29. The third-order valence-corrected chi connectivity index (χ3v) is 0.0430. The summed E-state index contributed by atoms with van der Waals surface area (Å²) in [6.45, 7) is -0.0694. The van der Waals surface area contributed by atoms with Gasteiger partial charge in [0.1, 0.15) is 0 Å². The maximum absolute atomic E-state index is 8.70. The molecule has 4 nitrogen and oxygen atoms in total. The van der Waals surface area contributed by atoms with Gasteiger partial charge in [0.25, 0.3) is 0 Å². The molecule has 0 fully saturated rings. The van der Waals surface area contributed by atoms with E-state index in [2.05, 4.69) is 4.89 Å². The summed E-state index contributed by atoms with van der Waals surface area (Å²) in [4.78, 5) is 11.6. The Kier molecular flexibility index (Phi) is 43.6. The predicted molar refractivity (Wildman–Crippen MR) is 11.7 cm³/mol.